The standard InChI is InChI=1S/C13H23NO4/c1-12(2,11(15)16-3)9-14-6-4-5-13(10-14)17-7-8-18-13/h4-10H2,1-3H3. The van der Waals surface area contributed by atoms with Crippen LogP contribution in [0.25, 0.3) is 0 Å². The minimum Gasteiger partial charge on any atom is -0.469 e. The molecule has 0 aromatic heterocycles. The van der Waals surface area contributed by atoms with Crippen molar-refractivity contribution in [3.63, 3.8) is 0 Å². The fourth-order valence-electron chi connectivity index (χ4n) is 2.84. The van der Waals surface area contributed by atoms with Crippen LogP contribution in [0.5, 0.6) is 0 Å². The lowest BCUT2D eigenvalue weighted by molar-refractivity contribution is -0.193. The van der Waals surface area contributed by atoms with Crippen molar-refractivity contribution >= 4 is 5.97 Å². The van der Waals surface area contributed by atoms with Gasteiger partial charge in [0.1, 0.15) is 0 Å². The van der Waals surface area contributed by atoms with Gasteiger partial charge in [-0.1, -0.05) is 0 Å². The molecule has 0 saturated carbocycles. The number of rotatable bonds is 3. The Hall–Kier alpha value is -0.650. The smallest absolute Gasteiger partial charge is 0.312 e. The van der Waals surface area contributed by atoms with E-state index in [9.17, 15) is 4.79 Å². The van der Waals surface area contributed by atoms with Crippen molar-refractivity contribution in [2.45, 2.75) is 32.5 Å². The average molecular weight is 257 g/mol. The van der Waals surface area contributed by atoms with Crippen molar-refractivity contribution in [2.24, 2.45) is 5.41 Å². The first kappa shape index (κ1) is 13.8. The van der Waals surface area contributed by atoms with Crippen LogP contribution >= 0.6 is 0 Å². The molecular formula is C13H23NO4. The third-order valence-electron chi connectivity index (χ3n) is 3.67. The van der Waals surface area contributed by atoms with Crippen molar-refractivity contribution in [3.05, 3.63) is 0 Å². The second-order valence-corrected chi connectivity index (χ2v) is 5.80. The second-order valence-electron chi connectivity index (χ2n) is 5.80. The maximum atomic E-state index is 11.7. The van der Waals surface area contributed by atoms with Crippen molar-refractivity contribution in [2.75, 3.05) is 40.0 Å². The SMILES string of the molecule is COC(=O)C(C)(C)CN1CCCC2(C1)OCCO2. The third kappa shape index (κ3) is 2.84. The van der Waals surface area contributed by atoms with Crippen LogP contribution in [0.2, 0.25) is 0 Å². The molecule has 0 bridgehead atoms. The largest absolute Gasteiger partial charge is 0.469 e. The summed E-state index contributed by atoms with van der Waals surface area (Å²) in [7, 11) is 1.44. The lowest BCUT2D eigenvalue weighted by Crippen LogP contribution is -2.52. The summed E-state index contributed by atoms with van der Waals surface area (Å²) in [6.07, 6.45) is 1.99. The van der Waals surface area contributed by atoms with Crippen LogP contribution in [0.3, 0.4) is 0 Å². The van der Waals surface area contributed by atoms with Crippen LogP contribution in [-0.4, -0.2) is 56.6 Å². The van der Waals surface area contributed by atoms with Gasteiger partial charge in [-0.15, -0.1) is 0 Å². The molecule has 0 aromatic carbocycles. The molecule has 2 saturated heterocycles. The molecule has 1 spiro atoms. The Kier molecular flexibility index (Phi) is 3.94. The molecule has 0 N–H and O–H groups in total. The molecule has 2 aliphatic rings. The number of ether oxygens (including phenoxy) is 3. The van der Waals surface area contributed by atoms with E-state index in [4.69, 9.17) is 14.2 Å². The van der Waals surface area contributed by atoms with Crippen LogP contribution in [0, 0.1) is 5.41 Å². The van der Waals surface area contributed by atoms with Crippen molar-refractivity contribution in [3.8, 4) is 0 Å². The first-order valence-corrected chi connectivity index (χ1v) is 6.56. The van der Waals surface area contributed by atoms with Gasteiger partial charge >= 0.3 is 5.97 Å². The van der Waals surface area contributed by atoms with Gasteiger partial charge in [-0.25, -0.2) is 0 Å². The van der Waals surface area contributed by atoms with Gasteiger partial charge in [0.05, 0.1) is 32.3 Å². The fraction of sp³-hybridized carbons (Fsp3) is 0.923. The number of carbonyl (C=O) groups excluding carboxylic acids is 1. The molecule has 0 aromatic rings. The van der Waals surface area contributed by atoms with E-state index in [2.05, 4.69) is 4.90 Å². The van der Waals surface area contributed by atoms with Crippen LogP contribution in [0.1, 0.15) is 26.7 Å². The molecule has 0 atom stereocenters. The molecule has 5 heteroatoms. The highest BCUT2D eigenvalue weighted by Crippen LogP contribution is 2.31. The number of methoxy groups -OCH3 is 1. The van der Waals surface area contributed by atoms with Crippen molar-refractivity contribution < 1.29 is 19.0 Å². The summed E-state index contributed by atoms with van der Waals surface area (Å²) in [5.41, 5.74) is -0.494. The molecule has 0 radical (unpaired) electrons. The van der Waals surface area contributed by atoms with Gasteiger partial charge in [-0.05, 0) is 26.8 Å². The maximum Gasteiger partial charge on any atom is 0.312 e. The molecule has 0 unspecified atom stereocenters. The summed E-state index contributed by atoms with van der Waals surface area (Å²) in [5, 5.41) is 0. The van der Waals surface area contributed by atoms with Crippen LogP contribution in [0.15, 0.2) is 0 Å². The zero-order chi connectivity index (χ0) is 13.2. The lowest BCUT2D eigenvalue weighted by Gasteiger charge is -2.41. The quantitative estimate of drug-likeness (QED) is 0.707. The molecule has 5 nitrogen and oxygen atoms in total. The highest BCUT2D eigenvalue weighted by atomic mass is 16.7. The summed E-state index contributed by atoms with van der Waals surface area (Å²) >= 11 is 0. The average Bonchev–Trinajstić information content (AvgIpc) is 2.75. The van der Waals surface area contributed by atoms with E-state index < -0.39 is 11.2 Å². The van der Waals surface area contributed by atoms with Gasteiger partial charge < -0.3 is 14.2 Å². The fourth-order valence-corrected chi connectivity index (χ4v) is 2.84. The number of esters is 1. The number of piperidine rings is 1. The van der Waals surface area contributed by atoms with Gasteiger partial charge in [-0.2, -0.15) is 0 Å². The predicted molar refractivity (Wildman–Crippen MR) is 66.1 cm³/mol. The van der Waals surface area contributed by atoms with Gasteiger partial charge in [0.2, 0.25) is 0 Å². The Balaban J connectivity index is 1.95. The van der Waals surface area contributed by atoms with Gasteiger partial charge in [0, 0.05) is 13.0 Å². The molecule has 2 heterocycles. The minimum absolute atomic E-state index is 0.171. The lowest BCUT2D eigenvalue weighted by atomic mass is 9.91. The van der Waals surface area contributed by atoms with E-state index >= 15 is 0 Å². The van der Waals surface area contributed by atoms with E-state index in [0.29, 0.717) is 19.8 Å². The number of likely N-dealkylation sites (tertiary alicyclic amines) is 1. The molecular weight excluding hydrogens is 234 g/mol. The van der Waals surface area contributed by atoms with Crippen molar-refractivity contribution in [1.29, 1.82) is 0 Å². The summed E-state index contributed by atoms with van der Waals surface area (Å²) in [5.74, 6) is -0.597. The van der Waals surface area contributed by atoms with Gasteiger partial charge in [0.25, 0.3) is 0 Å². The number of hydrogen-bond donors (Lipinski definition) is 0. The van der Waals surface area contributed by atoms with E-state index in [-0.39, 0.29) is 5.97 Å². The van der Waals surface area contributed by atoms with E-state index in [1.807, 2.05) is 13.8 Å². The molecule has 0 amide bonds. The Bertz CT molecular complexity index is 310. The van der Waals surface area contributed by atoms with E-state index in [0.717, 1.165) is 25.9 Å². The highest BCUT2D eigenvalue weighted by Gasteiger charge is 2.42. The van der Waals surface area contributed by atoms with Gasteiger partial charge in [0.15, 0.2) is 5.79 Å². The second kappa shape index (κ2) is 5.15. The molecule has 2 rings (SSSR count). The first-order chi connectivity index (χ1) is 8.47. The summed E-state index contributed by atoms with van der Waals surface area (Å²) in [6, 6.07) is 0. The number of carbonyl (C=O) groups is 1. The van der Waals surface area contributed by atoms with Gasteiger partial charge in [-0.3, -0.25) is 9.69 Å². The summed E-state index contributed by atoms with van der Waals surface area (Å²) < 4.78 is 16.3. The first-order valence-electron chi connectivity index (χ1n) is 6.56. The van der Waals surface area contributed by atoms with E-state index in [1.165, 1.54) is 7.11 Å². The molecule has 2 fully saturated rings. The molecule has 104 valence electrons. The van der Waals surface area contributed by atoms with Crippen LogP contribution < -0.4 is 0 Å². The Morgan fingerprint density at radius 2 is 2.06 bits per heavy atom. The normalized spacial score (nSPS) is 24.4. The number of nitrogens with zero attached hydrogens (tertiary/aromatic N) is 1. The zero-order valence-corrected chi connectivity index (χ0v) is 11.5. The van der Waals surface area contributed by atoms with Crippen LogP contribution in [0.4, 0.5) is 0 Å². The Morgan fingerprint density at radius 3 is 2.67 bits per heavy atom. The van der Waals surface area contributed by atoms with E-state index in [1.54, 1.807) is 0 Å². The number of hydrogen-bond acceptors (Lipinski definition) is 5. The summed E-state index contributed by atoms with van der Waals surface area (Å²) in [4.78, 5) is 14.0. The summed E-state index contributed by atoms with van der Waals surface area (Å²) in [6.45, 7) is 7.58. The topological polar surface area (TPSA) is 48.0 Å². The maximum absolute atomic E-state index is 11.7. The molecule has 18 heavy (non-hydrogen) atoms. The predicted octanol–water partition coefficient (Wildman–Crippen LogP) is 1.02. The monoisotopic (exact) mass is 257 g/mol. The third-order valence-corrected chi connectivity index (χ3v) is 3.67. The van der Waals surface area contributed by atoms with Crippen LogP contribution in [-0.2, 0) is 19.0 Å². The highest BCUT2D eigenvalue weighted by molar-refractivity contribution is 5.76. The van der Waals surface area contributed by atoms with Crippen molar-refractivity contribution in [1.82, 2.24) is 4.90 Å². The Labute approximate surface area is 108 Å². The minimum atomic E-state index is -0.494. The Morgan fingerprint density at radius 1 is 1.39 bits per heavy atom. The molecule has 0 aliphatic carbocycles. The zero-order valence-electron chi connectivity index (χ0n) is 11.5. The molecule has 2 aliphatic heterocycles.